The van der Waals surface area contributed by atoms with Crippen LogP contribution in [-0.2, 0) is 4.84 Å². The number of Topliss-reactive ketones (excluding diaryl/α,β-unsaturated/α-hetero) is 1. The zero-order valence-electron chi connectivity index (χ0n) is 19.1. The maximum atomic E-state index is 12.9. The fraction of sp³-hybridized carbons (Fsp3) is 0.0690. The Hall–Kier alpha value is -3.61. The Kier molecular flexibility index (Phi) is 8.54. The zero-order chi connectivity index (χ0) is 24.5. The Morgan fingerprint density at radius 3 is 1.60 bits per heavy atom. The molecule has 4 aromatic carbocycles. The molecule has 0 saturated heterocycles. The summed E-state index contributed by atoms with van der Waals surface area (Å²) in [7, 11) is 0. The van der Waals surface area contributed by atoms with E-state index in [0.717, 1.165) is 9.79 Å². The summed E-state index contributed by atoms with van der Waals surface area (Å²) >= 11 is 3.36. The van der Waals surface area contributed by atoms with Crippen molar-refractivity contribution in [3.63, 3.8) is 0 Å². The molecule has 0 aliphatic carbocycles. The van der Waals surface area contributed by atoms with Gasteiger partial charge in [0.15, 0.2) is 0 Å². The van der Waals surface area contributed by atoms with Gasteiger partial charge in [0.25, 0.3) is 0 Å². The summed E-state index contributed by atoms with van der Waals surface area (Å²) in [6.45, 7) is 1.80. The lowest BCUT2D eigenvalue weighted by molar-refractivity contribution is 0.0515. The average molecular weight is 498 g/mol. The minimum Gasteiger partial charge on any atom is -0.312 e. The van der Waals surface area contributed by atoms with Crippen LogP contribution in [0.3, 0.4) is 0 Å². The molecule has 6 heteroatoms. The van der Waals surface area contributed by atoms with Gasteiger partial charge < -0.3 is 4.84 Å². The molecule has 0 N–H and O–H groups in total. The van der Waals surface area contributed by atoms with Gasteiger partial charge >= 0.3 is 5.97 Å². The molecule has 174 valence electrons. The lowest BCUT2D eigenvalue weighted by atomic mass is 10.1. The van der Waals surface area contributed by atoms with Crippen LogP contribution in [0.25, 0.3) is 0 Å². The van der Waals surface area contributed by atoms with Gasteiger partial charge in [0.2, 0.25) is 5.78 Å². The Morgan fingerprint density at radius 2 is 1.09 bits per heavy atom. The van der Waals surface area contributed by atoms with Gasteiger partial charge in [0, 0.05) is 25.1 Å². The molecule has 0 bridgehead atoms. The molecule has 0 aliphatic heterocycles. The Balaban J connectivity index is 1.36. The third-order valence-corrected chi connectivity index (χ3v) is 7.03. The number of ketones is 1. The Labute approximate surface area is 213 Å². The van der Waals surface area contributed by atoms with E-state index in [-0.39, 0.29) is 11.5 Å². The predicted octanol–water partition coefficient (Wildman–Crippen LogP) is 7.79. The van der Waals surface area contributed by atoms with Crippen LogP contribution in [0, 0.1) is 0 Å². The molecule has 0 amide bonds. The maximum Gasteiger partial charge on any atom is 0.365 e. The molecule has 4 rings (SSSR count). The molecule has 0 heterocycles. The zero-order valence-corrected chi connectivity index (χ0v) is 20.7. The molecule has 4 nitrogen and oxygen atoms in total. The first-order valence-electron chi connectivity index (χ1n) is 11.1. The van der Waals surface area contributed by atoms with Crippen LogP contribution in [0.5, 0.6) is 0 Å². The van der Waals surface area contributed by atoms with Crippen molar-refractivity contribution in [2.75, 3.05) is 0 Å². The molecular formula is C29H23NO3S2. The number of rotatable bonds is 9. The molecule has 0 aliphatic rings. The molecule has 0 unspecified atom stereocenters. The molecule has 35 heavy (non-hydrogen) atoms. The van der Waals surface area contributed by atoms with Gasteiger partial charge in [-0.2, -0.15) is 0 Å². The van der Waals surface area contributed by atoms with Crippen LogP contribution >= 0.6 is 23.5 Å². The highest BCUT2D eigenvalue weighted by Gasteiger charge is 2.15. The van der Waals surface area contributed by atoms with Crippen LogP contribution in [0.15, 0.2) is 134 Å². The highest BCUT2D eigenvalue weighted by atomic mass is 32.2. The molecule has 0 fully saturated rings. The van der Waals surface area contributed by atoms with Crippen molar-refractivity contribution in [1.29, 1.82) is 0 Å². The standard InChI is InChI=1S/C29H23NO3S2/c1-2-27(30-33-29(32)22-9-5-3-6-10-22)28(31)21-13-15-24(16-14-21)35-26-19-17-25(18-20-26)34-23-11-7-4-8-12-23/h3-20H,2H2,1H3. The van der Waals surface area contributed by atoms with E-state index < -0.39 is 5.97 Å². The summed E-state index contributed by atoms with van der Waals surface area (Å²) in [5.74, 6) is -0.850. The number of carbonyl (C=O) groups is 2. The summed E-state index contributed by atoms with van der Waals surface area (Å²) in [5, 5.41) is 3.83. The van der Waals surface area contributed by atoms with Crippen LogP contribution < -0.4 is 0 Å². The van der Waals surface area contributed by atoms with Crippen molar-refractivity contribution >= 4 is 41.0 Å². The van der Waals surface area contributed by atoms with Crippen molar-refractivity contribution in [3.05, 3.63) is 120 Å². The second-order valence-corrected chi connectivity index (χ2v) is 9.77. The lowest BCUT2D eigenvalue weighted by Gasteiger charge is -2.06. The first-order valence-corrected chi connectivity index (χ1v) is 12.7. The summed E-state index contributed by atoms with van der Waals surface area (Å²) in [6, 6.07) is 34.6. The minimum atomic E-state index is -0.593. The number of carbonyl (C=O) groups excluding carboxylic acids is 2. The molecule has 0 radical (unpaired) electrons. The highest BCUT2D eigenvalue weighted by molar-refractivity contribution is 7.99. The van der Waals surface area contributed by atoms with E-state index in [0.29, 0.717) is 17.5 Å². The summed E-state index contributed by atoms with van der Waals surface area (Å²) in [6.07, 6.45) is 0.352. The van der Waals surface area contributed by atoms with E-state index in [1.54, 1.807) is 66.8 Å². The fourth-order valence-corrected chi connectivity index (χ4v) is 4.82. The number of oxime groups is 1. The van der Waals surface area contributed by atoms with Crippen LogP contribution in [0.2, 0.25) is 0 Å². The topological polar surface area (TPSA) is 55.7 Å². The largest absolute Gasteiger partial charge is 0.365 e. The quantitative estimate of drug-likeness (QED) is 0.102. The van der Waals surface area contributed by atoms with Gasteiger partial charge in [0.05, 0.1) is 5.56 Å². The number of hydrogen-bond acceptors (Lipinski definition) is 6. The van der Waals surface area contributed by atoms with Crippen LogP contribution in [-0.4, -0.2) is 17.5 Å². The molecule has 4 aromatic rings. The van der Waals surface area contributed by atoms with E-state index in [1.807, 2.05) is 36.4 Å². The van der Waals surface area contributed by atoms with Crippen LogP contribution in [0.1, 0.15) is 34.1 Å². The van der Waals surface area contributed by atoms with E-state index in [4.69, 9.17) is 4.84 Å². The van der Waals surface area contributed by atoms with Gasteiger partial charge in [-0.15, -0.1) is 0 Å². The number of nitrogens with zero attached hydrogens (tertiary/aromatic N) is 1. The van der Waals surface area contributed by atoms with Crippen molar-refractivity contribution in [2.24, 2.45) is 5.16 Å². The van der Waals surface area contributed by atoms with Gasteiger partial charge in [-0.3, -0.25) is 4.79 Å². The molecule has 0 atom stereocenters. The molecular weight excluding hydrogens is 474 g/mol. The Morgan fingerprint density at radius 1 is 0.629 bits per heavy atom. The minimum absolute atomic E-state index is 0.196. The van der Waals surface area contributed by atoms with E-state index in [1.165, 1.54) is 9.79 Å². The van der Waals surface area contributed by atoms with Gasteiger partial charge in [0.1, 0.15) is 5.71 Å². The van der Waals surface area contributed by atoms with Crippen molar-refractivity contribution in [2.45, 2.75) is 32.9 Å². The van der Waals surface area contributed by atoms with E-state index in [2.05, 4.69) is 41.6 Å². The smallest absolute Gasteiger partial charge is 0.312 e. The second kappa shape index (κ2) is 12.2. The summed E-state index contributed by atoms with van der Waals surface area (Å²) in [5.41, 5.74) is 1.08. The average Bonchev–Trinajstić information content (AvgIpc) is 2.91. The van der Waals surface area contributed by atoms with Crippen molar-refractivity contribution in [3.8, 4) is 0 Å². The van der Waals surface area contributed by atoms with Gasteiger partial charge in [-0.05, 0) is 79.2 Å². The first-order chi connectivity index (χ1) is 17.1. The second-order valence-electron chi connectivity index (χ2n) is 7.48. The summed E-state index contributed by atoms with van der Waals surface area (Å²) < 4.78 is 0. The third-order valence-electron chi connectivity index (χ3n) is 5.00. The normalized spacial score (nSPS) is 11.2. The SMILES string of the molecule is CCC(=NOC(=O)c1ccccc1)C(=O)c1ccc(Sc2ccc(Sc3ccccc3)cc2)cc1. The molecule has 0 aromatic heterocycles. The summed E-state index contributed by atoms with van der Waals surface area (Å²) in [4.78, 5) is 34.5. The van der Waals surface area contributed by atoms with E-state index in [9.17, 15) is 9.59 Å². The van der Waals surface area contributed by atoms with Gasteiger partial charge in [-0.1, -0.05) is 72.0 Å². The maximum absolute atomic E-state index is 12.9. The highest BCUT2D eigenvalue weighted by Crippen LogP contribution is 2.32. The Bertz CT molecular complexity index is 1300. The molecule has 0 spiro atoms. The van der Waals surface area contributed by atoms with Crippen molar-refractivity contribution in [1.82, 2.24) is 0 Å². The van der Waals surface area contributed by atoms with E-state index >= 15 is 0 Å². The predicted molar refractivity (Wildman–Crippen MR) is 141 cm³/mol. The number of hydrogen-bond donors (Lipinski definition) is 0. The van der Waals surface area contributed by atoms with Crippen molar-refractivity contribution < 1.29 is 14.4 Å². The molecule has 0 saturated carbocycles. The third kappa shape index (κ3) is 6.94. The van der Waals surface area contributed by atoms with Gasteiger partial charge in [-0.25, -0.2) is 4.79 Å². The van der Waals surface area contributed by atoms with Crippen LogP contribution in [0.4, 0.5) is 0 Å². The lowest BCUT2D eigenvalue weighted by Crippen LogP contribution is -2.15. The monoisotopic (exact) mass is 497 g/mol. The fourth-order valence-electron chi connectivity index (χ4n) is 3.17. The first kappa shape index (κ1) is 24.5. The number of benzene rings is 4.